The van der Waals surface area contributed by atoms with Crippen molar-refractivity contribution in [1.29, 1.82) is 0 Å². The zero-order valence-corrected chi connectivity index (χ0v) is 42.8. The van der Waals surface area contributed by atoms with Gasteiger partial charge in [-0.25, -0.2) is 17.9 Å². The second kappa shape index (κ2) is 24.7. The van der Waals surface area contributed by atoms with Gasteiger partial charge >= 0.3 is 11.9 Å². The molecule has 1 aliphatic heterocycles. The fourth-order valence-corrected chi connectivity index (χ4v) is 9.21. The number of carboxylic acid groups (broad SMARTS) is 1. The lowest BCUT2D eigenvalue weighted by atomic mass is 9.93. The molecule has 0 saturated heterocycles. The van der Waals surface area contributed by atoms with Crippen LogP contribution in [0.3, 0.4) is 0 Å². The smallest absolute Gasteiger partial charge is 0.328 e. The number of benzene rings is 1. The Morgan fingerprint density at radius 1 is 0.841 bits per heavy atom. The number of carbonyl (C=O) groups excluding carboxylic acids is 6. The molecule has 0 saturated carbocycles. The second-order valence-electron chi connectivity index (χ2n) is 20.0. The molecule has 0 fully saturated rings. The molecule has 0 bridgehead atoms. The molecule has 1 aromatic carbocycles. The second-order valence-corrected chi connectivity index (χ2v) is 21.7. The molecule has 4 unspecified atom stereocenters. The van der Waals surface area contributed by atoms with Crippen LogP contribution in [0, 0.1) is 26.7 Å². The first-order chi connectivity index (χ1) is 31.9. The first kappa shape index (κ1) is 57.5. The fourth-order valence-electron chi connectivity index (χ4n) is 7.69. The van der Waals surface area contributed by atoms with Crippen LogP contribution in [0.5, 0.6) is 5.75 Å². The number of carbonyl (C=O) groups is 7. The van der Waals surface area contributed by atoms with Gasteiger partial charge in [-0.1, -0.05) is 12.2 Å². The zero-order valence-electron chi connectivity index (χ0n) is 41.9. The Morgan fingerprint density at radius 3 is 2.09 bits per heavy atom. The van der Waals surface area contributed by atoms with Crippen molar-refractivity contribution < 1.29 is 61.3 Å². The maximum absolute atomic E-state index is 13.7. The van der Waals surface area contributed by atoms with Crippen LogP contribution < -0.4 is 41.8 Å². The van der Waals surface area contributed by atoms with Gasteiger partial charge in [0.05, 0.1) is 36.6 Å². The molecule has 386 valence electrons. The van der Waals surface area contributed by atoms with Crippen LogP contribution in [-0.2, 0) is 59.5 Å². The lowest BCUT2D eigenvalue weighted by molar-refractivity contribution is -0.156. The summed E-state index contributed by atoms with van der Waals surface area (Å²) in [5, 5.41) is 22.0. The Kier molecular flexibility index (Phi) is 20.6. The highest BCUT2D eigenvalue weighted by Crippen LogP contribution is 2.43. The lowest BCUT2D eigenvalue weighted by Crippen LogP contribution is -2.56. The minimum absolute atomic E-state index is 0.0621. The Hall–Kier alpha value is -5.77. The van der Waals surface area contributed by atoms with E-state index < -0.39 is 113 Å². The van der Waals surface area contributed by atoms with Gasteiger partial charge in [-0.3, -0.25) is 33.8 Å². The molecular weight excluding hydrogens is 917 g/mol. The van der Waals surface area contributed by atoms with E-state index in [1.807, 2.05) is 19.9 Å². The first-order valence-electron chi connectivity index (χ1n) is 23.2. The molecule has 0 spiro atoms. The Balaban J connectivity index is 1.75. The van der Waals surface area contributed by atoms with E-state index in [0.29, 0.717) is 41.7 Å². The number of fused-ring (bicyclic) bond motifs is 1. The Labute approximate surface area is 405 Å². The molecule has 1 aromatic rings. The third-order valence-electron chi connectivity index (χ3n) is 11.1. The molecule has 22 heteroatoms. The molecule has 5 amide bonds. The number of aliphatic imine (C=N–C) groups is 1. The number of rotatable bonds is 21. The van der Waals surface area contributed by atoms with Gasteiger partial charge in [-0.15, -0.1) is 0 Å². The van der Waals surface area contributed by atoms with Gasteiger partial charge in [0.2, 0.25) is 35.5 Å². The summed E-state index contributed by atoms with van der Waals surface area (Å²) in [6, 6.07) is -4.51. The van der Waals surface area contributed by atoms with Crippen LogP contribution in [0.25, 0.3) is 0 Å². The molecule has 0 aromatic heterocycles. The third kappa shape index (κ3) is 18.9. The van der Waals surface area contributed by atoms with Crippen LogP contribution >= 0.6 is 0 Å². The fraction of sp³-hybridized carbons (Fsp3) is 0.660. The van der Waals surface area contributed by atoms with Crippen molar-refractivity contribution in [3.05, 3.63) is 34.4 Å². The number of amides is 5. The van der Waals surface area contributed by atoms with E-state index in [1.165, 1.54) is 0 Å². The van der Waals surface area contributed by atoms with E-state index in [9.17, 15) is 47.1 Å². The molecular formula is C47H74N8O13S. The maximum atomic E-state index is 13.7. The van der Waals surface area contributed by atoms with Crippen LogP contribution in [0.1, 0.15) is 129 Å². The summed E-state index contributed by atoms with van der Waals surface area (Å²) >= 11 is 0. The normalized spacial score (nSPS) is 17.3. The summed E-state index contributed by atoms with van der Waals surface area (Å²) in [7, 11) is -4.21. The van der Waals surface area contributed by atoms with Crippen LogP contribution in [0.4, 0.5) is 0 Å². The number of esters is 1. The van der Waals surface area contributed by atoms with Gasteiger partial charge < -0.3 is 51.6 Å². The van der Waals surface area contributed by atoms with Gasteiger partial charge in [-0.05, 0) is 138 Å². The number of nitrogens with zero attached hydrogens (tertiary/aromatic N) is 1. The van der Waals surface area contributed by atoms with E-state index in [1.54, 1.807) is 62.3 Å². The molecule has 69 heavy (non-hydrogen) atoms. The van der Waals surface area contributed by atoms with Gasteiger partial charge in [0, 0.05) is 24.4 Å². The predicted molar refractivity (Wildman–Crippen MR) is 256 cm³/mol. The van der Waals surface area contributed by atoms with Gasteiger partial charge in [-0.2, -0.15) is 0 Å². The molecule has 21 nitrogen and oxygen atoms in total. The average Bonchev–Trinajstić information content (AvgIpc) is 3.54. The molecule has 3 rings (SSSR count). The number of nitrogens with two attached hydrogens (primary N) is 1. The SMILES string of the molecule is Cc1c(C)c(S(=O)(=O)NC(N)=NCCCC(NC(=O)CNC(=O)C2CCC=CCCC2)C(=O)NCC(=O)NC(CC(=O)OC(C)(C)C)C(=O)NC(COC(C)(C)C)C(=O)O)c(C)c2c1OC(C)(C)C2. The van der Waals surface area contributed by atoms with E-state index >= 15 is 0 Å². The van der Waals surface area contributed by atoms with Crippen molar-refractivity contribution in [3.63, 3.8) is 0 Å². The van der Waals surface area contributed by atoms with Crippen molar-refractivity contribution in [1.82, 2.24) is 31.3 Å². The topological polar surface area (TPSA) is 312 Å². The number of nitrogens with one attached hydrogen (secondary N) is 6. The standard InChI is InChI=1S/C47H74N8O13S/c1-27-28(2)39(29(3)31-23-47(10,11)68-38(27)31)69(64,65)55-44(48)49-21-17-20-32(52-35(56)24-50-40(59)30-18-15-13-12-14-16-19-30)41(60)51-25-36(57)53-33(22-37(58)67-46(7,8)9)42(61)54-34(43(62)63)26-66-45(4,5)6/h12-13,30,32-34H,14-26H2,1-11H3,(H,50,59)(H,51,60)(H,52,56)(H,53,57)(H,54,61)(H,62,63)(H3,48,49,55). The highest BCUT2D eigenvalue weighted by atomic mass is 32.2. The lowest BCUT2D eigenvalue weighted by Gasteiger charge is -2.26. The molecule has 4 atom stereocenters. The van der Waals surface area contributed by atoms with Crippen molar-refractivity contribution >= 4 is 57.5 Å². The van der Waals surface area contributed by atoms with E-state index in [2.05, 4.69) is 42.4 Å². The highest BCUT2D eigenvalue weighted by Gasteiger charge is 2.37. The van der Waals surface area contributed by atoms with Gasteiger partial charge in [0.15, 0.2) is 6.04 Å². The van der Waals surface area contributed by atoms with Crippen molar-refractivity contribution in [2.75, 3.05) is 26.2 Å². The van der Waals surface area contributed by atoms with E-state index in [0.717, 1.165) is 24.8 Å². The van der Waals surface area contributed by atoms with Gasteiger partial charge in [0.25, 0.3) is 10.0 Å². The zero-order chi connectivity index (χ0) is 52.1. The number of allylic oxidation sites excluding steroid dienone is 2. The number of ether oxygens (including phenoxy) is 3. The molecule has 1 aliphatic carbocycles. The van der Waals surface area contributed by atoms with Crippen LogP contribution in [0.2, 0.25) is 0 Å². The van der Waals surface area contributed by atoms with Gasteiger partial charge in [0.1, 0.15) is 29.0 Å². The number of carboxylic acids is 1. The van der Waals surface area contributed by atoms with Crippen LogP contribution in [0.15, 0.2) is 22.0 Å². The molecule has 1 heterocycles. The monoisotopic (exact) mass is 991 g/mol. The number of hydrogen-bond acceptors (Lipinski definition) is 13. The summed E-state index contributed by atoms with van der Waals surface area (Å²) in [5.41, 5.74) is 6.35. The van der Waals surface area contributed by atoms with E-state index in [4.69, 9.17) is 19.9 Å². The van der Waals surface area contributed by atoms with Crippen molar-refractivity contribution in [2.45, 2.75) is 174 Å². The van der Waals surface area contributed by atoms with Crippen molar-refractivity contribution in [2.24, 2.45) is 16.6 Å². The summed E-state index contributed by atoms with van der Waals surface area (Å²) in [4.78, 5) is 95.6. The number of sulfonamides is 1. The van der Waals surface area contributed by atoms with E-state index in [-0.39, 0.29) is 36.1 Å². The third-order valence-corrected chi connectivity index (χ3v) is 12.7. The molecule has 0 radical (unpaired) electrons. The summed E-state index contributed by atoms with van der Waals surface area (Å²) in [6.45, 7) is 17.1. The minimum Gasteiger partial charge on any atom is -0.487 e. The molecule has 2 aliphatic rings. The summed E-state index contributed by atoms with van der Waals surface area (Å²) in [6.07, 6.45) is 7.52. The number of guanidine groups is 1. The largest absolute Gasteiger partial charge is 0.487 e. The number of hydrogen-bond donors (Lipinski definition) is 8. The van der Waals surface area contributed by atoms with Crippen LogP contribution in [-0.4, -0.2) is 122 Å². The quantitative estimate of drug-likeness (QED) is 0.0288. The average molecular weight is 991 g/mol. The minimum atomic E-state index is -4.21. The first-order valence-corrected chi connectivity index (χ1v) is 24.7. The highest BCUT2D eigenvalue weighted by molar-refractivity contribution is 7.90. The molecule has 9 N–H and O–H groups in total. The Bertz CT molecular complexity index is 2250. The Morgan fingerprint density at radius 2 is 1.46 bits per heavy atom. The maximum Gasteiger partial charge on any atom is 0.328 e. The number of aliphatic carboxylic acids is 1. The summed E-state index contributed by atoms with van der Waals surface area (Å²) in [5.74, 6) is -6.23. The summed E-state index contributed by atoms with van der Waals surface area (Å²) < 4.78 is 46.7. The van der Waals surface area contributed by atoms with Crippen molar-refractivity contribution in [3.8, 4) is 5.75 Å². The predicted octanol–water partition coefficient (Wildman–Crippen LogP) is 2.15.